The van der Waals surface area contributed by atoms with E-state index in [0.29, 0.717) is 5.92 Å². The molecular weight excluding hydrogens is 283 g/mol. The molecule has 4 heteroatoms. The molecule has 0 saturated carbocycles. The van der Waals surface area contributed by atoms with Crippen LogP contribution in [0.15, 0.2) is 22.7 Å². The Morgan fingerprint density at radius 2 is 2.12 bits per heavy atom. The Labute approximate surface area is 110 Å². The van der Waals surface area contributed by atoms with Gasteiger partial charge >= 0.3 is 0 Å². The molecule has 1 aromatic carbocycles. The predicted octanol–water partition coefficient (Wildman–Crippen LogP) is 2.85. The third-order valence-electron chi connectivity index (χ3n) is 3.46. The van der Waals surface area contributed by atoms with Gasteiger partial charge < -0.3 is 10.6 Å². The van der Waals surface area contributed by atoms with Gasteiger partial charge in [0.25, 0.3) is 0 Å². The van der Waals surface area contributed by atoms with E-state index in [9.17, 15) is 4.39 Å². The molecule has 1 unspecified atom stereocenters. The molecule has 0 amide bonds. The van der Waals surface area contributed by atoms with Gasteiger partial charge in [0.05, 0.1) is 0 Å². The summed E-state index contributed by atoms with van der Waals surface area (Å²) in [6.07, 6.45) is 2.19. The van der Waals surface area contributed by atoms with Crippen LogP contribution in [-0.4, -0.2) is 20.1 Å². The third-order valence-corrected chi connectivity index (χ3v) is 3.95. The zero-order valence-corrected chi connectivity index (χ0v) is 11.6. The quantitative estimate of drug-likeness (QED) is 0.897. The third kappa shape index (κ3) is 3.06. The van der Waals surface area contributed by atoms with E-state index in [2.05, 4.69) is 26.6 Å². The number of piperidine rings is 1. The van der Waals surface area contributed by atoms with Gasteiger partial charge in [0.15, 0.2) is 0 Å². The molecular formula is C13H18BrFN2. The summed E-state index contributed by atoms with van der Waals surface area (Å²) in [5.74, 6) is 0.385. The SMILES string of the molecule is CNC(c1cc(Br)ccc1F)C1CCNCC1. The maximum absolute atomic E-state index is 13.9. The average molecular weight is 301 g/mol. The van der Waals surface area contributed by atoms with Crippen LogP contribution in [0.25, 0.3) is 0 Å². The molecule has 0 radical (unpaired) electrons. The lowest BCUT2D eigenvalue weighted by atomic mass is 9.86. The molecule has 1 saturated heterocycles. The molecule has 1 aliphatic heterocycles. The van der Waals surface area contributed by atoms with Gasteiger partial charge in [-0.1, -0.05) is 15.9 Å². The molecule has 2 nitrogen and oxygen atoms in total. The van der Waals surface area contributed by atoms with Crippen LogP contribution in [0.5, 0.6) is 0 Å². The van der Waals surface area contributed by atoms with Crippen molar-refractivity contribution in [2.75, 3.05) is 20.1 Å². The van der Waals surface area contributed by atoms with E-state index in [1.54, 1.807) is 6.07 Å². The van der Waals surface area contributed by atoms with Crippen molar-refractivity contribution in [2.45, 2.75) is 18.9 Å². The summed E-state index contributed by atoms with van der Waals surface area (Å²) in [5.41, 5.74) is 0.772. The summed E-state index contributed by atoms with van der Waals surface area (Å²) in [5, 5.41) is 6.61. The van der Waals surface area contributed by atoms with Crippen LogP contribution in [-0.2, 0) is 0 Å². The van der Waals surface area contributed by atoms with E-state index >= 15 is 0 Å². The molecule has 0 aliphatic carbocycles. The van der Waals surface area contributed by atoms with Crippen LogP contribution >= 0.6 is 15.9 Å². The van der Waals surface area contributed by atoms with E-state index in [1.165, 1.54) is 6.07 Å². The smallest absolute Gasteiger partial charge is 0.128 e. The van der Waals surface area contributed by atoms with Crippen molar-refractivity contribution in [3.63, 3.8) is 0 Å². The molecule has 17 heavy (non-hydrogen) atoms. The monoisotopic (exact) mass is 300 g/mol. The van der Waals surface area contributed by atoms with Crippen molar-refractivity contribution in [2.24, 2.45) is 5.92 Å². The van der Waals surface area contributed by atoms with Crippen molar-refractivity contribution in [3.05, 3.63) is 34.1 Å². The van der Waals surface area contributed by atoms with Gasteiger partial charge in [-0.2, -0.15) is 0 Å². The fourth-order valence-corrected chi connectivity index (χ4v) is 2.95. The first-order valence-corrected chi connectivity index (χ1v) is 6.84. The highest BCUT2D eigenvalue weighted by atomic mass is 79.9. The molecule has 0 spiro atoms. The highest BCUT2D eigenvalue weighted by molar-refractivity contribution is 9.10. The van der Waals surface area contributed by atoms with E-state index in [1.807, 2.05) is 13.1 Å². The van der Waals surface area contributed by atoms with Crippen molar-refractivity contribution < 1.29 is 4.39 Å². The number of halogens is 2. The highest BCUT2D eigenvalue weighted by Crippen LogP contribution is 2.31. The Bertz CT molecular complexity index is 378. The topological polar surface area (TPSA) is 24.1 Å². The molecule has 2 rings (SSSR count). The molecule has 2 N–H and O–H groups in total. The van der Waals surface area contributed by atoms with Crippen LogP contribution in [0.1, 0.15) is 24.4 Å². The Morgan fingerprint density at radius 1 is 1.41 bits per heavy atom. The molecule has 1 aliphatic rings. The van der Waals surface area contributed by atoms with Crippen LogP contribution in [0.2, 0.25) is 0 Å². The minimum atomic E-state index is -0.119. The average Bonchev–Trinajstić information content (AvgIpc) is 2.36. The van der Waals surface area contributed by atoms with Gasteiger partial charge in [0.2, 0.25) is 0 Å². The summed E-state index contributed by atoms with van der Waals surface area (Å²) >= 11 is 3.41. The van der Waals surface area contributed by atoms with Gasteiger partial charge in [0.1, 0.15) is 5.82 Å². The zero-order valence-electron chi connectivity index (χ0n) is 9.97. The lowest BCUT2D eigenvalue weighted by Gasteiger charge is -2.31. The highest BCUT2D eigenvalue weighted by Gasteiger charge is 2.25. The number of hydrogen-bond acceptors (Lipinski definition) is 2. The first-order valence-electron chi connectivity index (χ1n) is 6.05. The molecule has 1 heterocycles. The van der Waals surface area contributed by atoms with Gasteiger partial charge in [-0.15, -0.1) is 0 Å². The van der Waals surface area contributed by atoms with Gasteiger partial charge in [-0.3, -0.25) is 0 Å². The minimum absolute atomic E-state index is 0.106. The summed E-state index contributed by atoms with van der Waals surface area (Å²) in [6, 6.07) is 5.27. The summed E-state index contributed by atoms with van der Waals surface area (Å²) in [6.45, 7) is 2.05. The standard InChI is InChI=1S/C13H18BrFN2/c1-16-13(9-4-6-17-7-5-9)11-8-10(14)2-3-12(11)15/h2-3,8-9,13,16-17H,4-7H2,1H3. The van der Waals surface area contributed by atoms with Gasteiger partial charge in [-0.25, -0.2) is 4.39 Å². The molecule has 0 bridgehead atoms. The van der Waals surface area contributed by atoms with Crippen LogP contribution in [0.4, 0.5) is 4.39 Å². The number of rotatable bonds is 3. The van der Waals surface area contributed by atoms with Crippen LogP contribution < -0.4 is 10.6 Å². The van der Waals surface area contributed by atoms with E-state index in [0.717, 1.165) is 36.0 Å². The second kappa shape index (κ2) is 5.94. The Hall–Kier alpha value is -0.450. The summed E-state index contributed by atoms with van der Waals surface area (Å²) in [7, 11) is 1.91. The van der Waals surface area contributed by atoms with Gasteiger partial charge in [-0.05, 0) is 57.1 Å². The Balaban J connectivity index is 2.24. The number of benzene rings is 1. The fourth-order valence-electron chi connectivity index (χ4n) is 2.58. The number of hydrogen-bond donors (Lipinski definition) is 2. The molecule has 0 aromatic heterocycles. The fraction of sp³-hybridized carbons (Fsp3) is 0.538. The molecule has 1 fully saturated rings. The second-order valence-electron chi connectivity index (χ2n) is 4.52. The minimum Gasteiger partial charge on any atom is -0.317 e. The van der Waals surface area contributed by atoms with E-state index in [4.69, 9.17) is 0 Å². The maximum atomic E-state index is 13.9. The Morgan fingerprint density at radius 3 is 2.76 bits per heavy atom. The van der Waals surface area contributed by atoms with Crippen LogP contribution in [0, 0.1) is 11.7 Å². The van der Waals surface area contributed by atoms with Gasteiger partial charge in [0, 0.05) is 16.1 Å². The maximum Gasteiger partial charge on any atom is 0.128 e. The van der Waals surface area contributed by atoms with Crippen molar-refractivity contribution in [3.8, 4) is 0 Å². The van der Waals surface area contributed by atoms with E-state index in [-0.39, 0.29) is 11.9 Å². The molecule has 1 aromatic rings. The normalized spacial score (nSPS) is 19.2. The Kier molecular flexibility index (Phi) is 4.54. The lowest BCUT2D eigenvalue weighted by Crippen LogP contribution is -2.35. The van der Waals surface area contributed by atoms with Crippen molar-refractivity contribution >= 4 is 15.9 Å². The number of nitrogens with one attached hydrogen (secondary N) is 2. The van der Waals surface area contributed by atoms with Crippen molar-refractivity contribution in [1.82, 2.24) is 10.6 Å². The largest absolute Gasteiger partial charge is 0.317 e. The van der Waals surface area contributed by atoms with Crippen molar-refractivity contribution in [1.29, 1.82) is 0 Å². The second-order valence-corrected chi connectivity index (χ2v) is 5.44. The lowest BCUT2D eigenvalue weighted by molar-refractivity contribution is 0.288. The zero-order chi connectivity index (χ0) is 12.3. The summed E-state index contributed by atoms with van der Waals surface area (Å²) < 4.78 is 14.8. The molecule has 1 atom stereocenters. The van der Waals surface area contributed by atoms with Crippen LogP contribution in [0.3, 0.4) is 0 Å². The predicted molar refractivity (Wildman–Crippen MR) is 71.5 cm³/mol. The first kappa shape index (κ1) is 13.0. The first-order chi connectivity index (χ1) is 8.22. The molecule has 94 valence electrons. The van der Waals surface area contributed by atoms with E-state index < -0.39 is 0 Å². The summed E-state index contributed by atoms with van der Waals surface area (Å²) in [4.78, 5) is 0.